The maximum absolute atomic E-state index is 12.8. The van der Waals surface area contributed by atoms with Crippen LogP contribution in [0.4, 0.5) is 0 Å². The summed E-state index contributed by atoms with van der Waals surface area (Å²) in [4.78, 5) is 26.9. The molecule has 2 aromatic carbocycles. The fourth-order valence-electron chi connectivity index (χ4n) is 3.99. The molecule has 0 unspecified atom stereocenters. The van der Waals surface area contributed by atoms with Crippen molar-refractivity contribution in [2.45, 2.75) is 51.4 Å². The first-order chi connectivity index (χ1) is 16.4. The first kappa shape index (κ1) is 25.3. The fourth-order valence-corrected chi connectivity index (χ4v) is 3.99. The van der Waals surface area contributed by atoms with Crippen molar-refractivity contribution in [2.75, 3.05) is 20.1 Å². The van der Waals surface area contributed by atoms with Crippen molar-refractivity contribution in [2.24, 2.45) is 5.73 Å². The Labute approximate surface area is 199 Å². The molecule has 1 aromatic heterocycles. The Balaban J connectivity index is 1.55. The Morgan fingerprint density at radius 2 is 1.53 bits per heavy atom. The number of aromatic hydroxyl groups is 2. The van der Waals surface area contributed by atoms with E-state index < -0.39 is 5.75 Å². The number of phenolic OH excluding ortho intramolecular Hbond substituents is 2. The van der Waals surface area contributed by atoms with Crippen LogP contribution in [-0.2, 0) is 0 Å². The van der Waals surface area contributed by atoms with E-state index in [1.165, 1.54) is 50.3 Å². The van der Waals surface area contributed by atoms with E-state index in [0.717, 1.165) is 25.8 Å². The number of rotatable bonds is 12. The second kappa shape index (κ2) is 12.2. The van der Waals surface area contributed by atoms with Gasteiger partial charge in [0.1, 0.15) is 5.76 Å². The number of nitrogens with zero attached hydrogens (tertiary/aromatic N) is 1. The van der Waals surface area contributed by atoms with Crippen molar-refractivity contribution in [3.8, 4) is 22.8 Å². The minimum Gasteiger partial charge on any atom is -0.504 e. The molecule has 0 fully saturated rings. The number of benzene rings is 2. The fraction of sp³-hybridized carbons (Fsp3) is 0.407. The first-order valence-electron chi connectivity index (χ1n) is 12.0. The van der Waals surface area contributed by atoms with Crippen molar-refractivity contribution in [3.05, 3.63) is 58.3 Å². The second-order valence-electron chi connectivity index (χ2n) is 8.71. The van der Waals surface area contributed by atoms with E-state index in [0.29, 0.717) is 17.7 Å². The molecule has 3 rings (SSSR count). The molecule has 1 heterocycles. The molecule has 0 aliphatic carbocycles. The number of unbranched alkanes of at least 4 members (excludes halogenated alkanes) is 7. The highest BCUT2D eigenvalue weighted by atomic mass is 16.4. The summed E-state index contributed by atoms with van der Waals surface area (Å²) in [6.45, 7) is 1.48. The highest BCUT2D eigenvalue weighted by Crippen LogP contribution is 2.34. The van der Waals surface area contributed by atoms with E-state index in [2.05, 4.69) is 0 Å². The zero-order chi connectivity index (χ0) is 24.5. The highest BCUT2D eigenvalue weighted by molar-refractivity contribution is 5.94. The van der Waals surface area contributed by atoms with Gasteiger partial charge in [-0.25, -0.2) is 0 Å². The molecule has 0 aliphatic heterocycles. The van der Waals surface area contributed by atoms with Crippen molar-refractivity contribution >= 4 is 16.9 Å². The summed E-state index contributed by atoms with van der Waals surface area (Å²) in [6.07, 6.45) is 9.32. The molecule has 7 heteroatoms. The molecule has 0 saturated carbocycles. The molecule has 0 saturated heterocycles. The van der Waals surface area contributed by atoms with Gasteiger partial charge in [0.05, 0.1) is 5.39 Å². The van der Waals surface area contributed by atoms with Crippen LogP contribution >= 0.6 is 0 Å². The summed E-state index contributed by atoms with van der Waals surface area (Å²) in [5.41, 5.74) is 6.25. The predicted molar refractivity (Wildman–Crippen MR) is 134 cm³/mol. The number of phenols is 2. The van der Waals surface area contributed by atoms with Gasteiger partial charge in [-0.2, -0.15) is 0 Å². The standard InChI is InChI=1S/C27H34N2O5/c1-29(17-9-7-5-3-2-4-6-8-16-28)27(33)20-12-10-19(11-13-20)24-18-23(31)21-14-15-22(30)25(32)26(21)34-24/h10-15,18,30,32H,2-9,16-17,28H2,1H3. The number of carbonyl (C=O) groups excluding carboxylic acids is 1. The van der Waals surface area contributed by atoms with E-state index >= 15 is 0 Å². The van der Waals surface area contributed by atoms with Crippen LogP contribution in [0.3, 0.4) is 0 Å². The Bertz CT molecular complexity index is 1150. The predicted octanol–water partition coefficient (Wildman–Crippen LogP) is 5.02. The maximum Gasteiger partial charge on any atom is 0.253 e. The lowest BCUT2D eigenvalue weighted by Gasteiger charge is -2.17. The molecule has 0 aliphatic rings. The first-order valence-corrected chi connectivity index (χ1v) is 12.0. The lowest BCUT2D eigenvalue weighted by atomic mass is 10.1. The molecule has 0 atom stereocenters. The van der Waals surface area contributed by atoms with E-state index in [9.17, 15) is 19.8 Å². The van der Waals surface area contributed by atoms with Gasteiger partial charge < -0.3 is 25.3 Å². The van der Waals surface area contributed by atoms with Gasteiger partial charge in [0.2, 0.25) is 5.75 Å². The number of nitrogens with two attached hydrogens (primary N) is 1. The van der Waals surface area contributed by atoms with Gasteiger partial charge in [-0.15, -0.1) is 0 Å². The Hall–Kier alpha value is -3.32. The molecular weight excluding hydrogens is 432 g/mol. The van der Waals surface area contributed by atoms with Gasteiger partial charge >= 0.3 is 0 Å². The number of hydrogen-bond donors (Lipinski definition) is 3. The average Bonchev–Trinajstić information content (AvgIpc) is 2.85. The van der Waals surface area contributed by atoms with Crippen LogP contribution in [0.15, 0.2) is 51.7 Å². The van der Waals surface area contributed by atoms with Gasteiger partial charge in [0.25, 0.3) is 5.91 Å². The van der Waals surface area contributed by atoms with Crippen molar-refractivity contribution < 1.29 is 19.4 Å². The van der Waals surface area contributed by atoms with Crippen LogP contribution in [0.1, 0.15) is 61.7 Å². The minimum atomic E-state index is -0.475. The summed E-state index contributed by atoms with van der Waals surface area (Å²) in [5.74, 6) is -0.652. The third-order valence-corrected chi connectivity index (χ3v) is 6.06. The lowest BCUT2D eigenvalue weighted by Crippen LogP contribution is -2.27. The second-order valence-corrected chi connectivity index (χ2v) is 8.71. The van der Waals surface area contributed by atoms with Crippen LogP contribution in [-0.4, -0.2) is 41.2 Å². The van der Waals surface area contributed by atoms with Crippen molar-refractivity contribution in [3.63, 3.8) is 0 Å². The van der Waals surface area contributed by atoms with Crippen LogP contribution in [0, 0.1) is 0 Å². The van der Waals surface area contributed by atoms with Crippen LogP contribution in [0.2, 0.25) is 0 Å². The molecule has 7 nitrogen and oxygen atoms in total. The molecule has 0 radical (unpaired) electrons. The molecule has 3 aromatic rings. The third-order valence-electron chi connectivity index (χ3n) is 6.06. The van der Waals surface area contributed by atoms with Crippen LogP contribution < -0.4 is 11.2 Å². The Kier molecular flexibility index (Phi) is 9.10. The monoisotopic (exact) mass is 466 g/mol. The lowest BCUT2D eigenvalue weighted by molar-refractivity contribution is 0.0792. The molecule has 182 valence electrons. The number of fused-ring (bicyclic) bond motifs is 1. The van der Waals surface area contributed by atoms with Gasteiger partial charge in [0.15, 0.2) is 16.8 Å². The van der Waals surface area contributed by atoms with Crippen LogP contribution in [0.25, 0.3) is 22.3 Å². The summed E-state index contributed by atoms with van der Waals surface area (Å²) in [6, 6.07) is 10.8. The zero-order valence-electron chi connectivity index (χ0n) is 19.8. The van der Waals surface area contributed by atoms with Gasteiger partial charge in [-0.1, -0.05) is 50.7 Å². The topological polar surface area (TPSA) is 117 Å². The smallest absolute Gasteiger partial charge is 0.253 e. The van der Waals surface area contributed by atoms with E-state index in [4.69, 9.17) is 10.2 Å². The maximum atomic E-state index is 12.8. The number of hydrogen-bond acceptors (Lipinski definition) is 6. The molecule has 0 spiro atoms. The van der Waals surface area contributed by atoms with Crippen molar-refractivity contribution in [1.29, 1.82) is 0 Å². The molecule has 4 N–H and O–H groups in total. The van der Waals surface area contributed by atoms with Gasteiger partial charge in [0, 0.05) is 30.8 Å². The average molecular weight is 467 g/mol. The number of amides is 1. The third kappa shape index (κ3) is 6.38. The summed E-state index contributed by atoms with van der Waals surface area (Å²) >= 11 is 0. The minimum absolute atomic E-state index is 0.0594. The Morgan fingerprint density at radius 1 is 0.912 bits per heavy atom. The van der Waals surface area contributed by atoms with E-state index in [1.807, 2.05) is 0 Å². The largest absolute Gasteiger partial charge is 0.504 e. The van der Waals surface area contributed by atoms with Crippen molar-refractivity contribution in [1.82, 2.24) is 4.90 Å². The molecule has 34 heavy (non-hydrogen) atoms. The van der Waals surface area contributed by atoms with E-state index in [1.54, 1.807) is 36.2 Å². The highest BCUT2D eigenvalue weighted by Gasteiger charge is 2.15. The molecule has 1 amide bonds. The normalized spacial score (nSPS) is 11.1. The summed E-state index contributed by atoms with van der Waals surface area (Å²) < 4.78 is 5.69. The van der Waals surface area contributed by atoms with Gasteiger partial charge in [-0.3, -0.25) is 9.59 Å². The Morgan fingerprint density at radius 3 is 2.18 bits per heavy atom. The van der Waals surface area contributed by atoms with Gasteiger partial charge in [-0.05, 0) is 43.7 Å². The van der Waals surface area contributed by atoms with E-state index in [-0.39, 0.29) is 33.8 Å². The zero-order valence-corrected chi connectivity index (χ0v) is 19.8. The molecular formula is C27H34N2O5. The quantitative estimate of drug-likeness (QED) is 0.255. The number of carbonyl (C=O) groups is 1. The van der Waals surface area contributed by atoms with Crippen LogP contribution in [0.5, 0.6) is 11.5 Å². The summed E-state index contributed by atoms with van der Waals surface area (Å²) in [7, 11) is 1.81. The SMILES string of the molecule is CN(CCCCCCCCCCN)C(=O)c1ccc(-c2cc(=O)c3ccc(O)c(O)c3o2)cc1. The molecule has 0 bridgehead atoms. The summed E-state index contributed by atoms with van der Waals surface area (Å²) in [5, 5.41) is 19.9.